The molecular formula is C15H19NO2. The molecule has 1 aromatic heterocycles. The summed E-state index contributed by atoms with van der Waals surface area (Å²) >= 11 is 0. The van der Waals surface area contributed by atoms with Gasteiger partial charge in [0.25, 0.3) is 0 Å². The molecule has 2 heterocycles. The first-order valence-electron chi connectivity index (χ1n) is 6.74. The molecule has 3 heteroatoms. The summed E-state index contributed by atoms with van der Waals surface area (Å²) in [5.41, 5.74) is 2.04. The Labute approximate surface area is 107 Å². The summed E-state index contributed by atoms with van der Waals surface area (Å²) in [5, 5.41) is 10.6. The molecule has 18 heavy (non-hydrogen) atoms. The molecule has 0 bridgehead atoms. The molecular weight excluding hydrogens is 226 g/mol. The van der Waals surface area contributed by atoms with Gasteiger partial charge in [-0.25, -0.2) is 0 Å². The number of hydrogen-bond acceptors (Lipinski definition) is 3. The van der Waals surface area contributed by atoms with E-state index in [1.54, 1.807) is 12.1 Å². The number of phenolic OH excluding ortho intramolecular Hbond substituents is 1. The summed E-state index contributed by atoms with van der Waals surface area (Å²) < 4.78 is 5.54. The monoisotopic (exact) mass is 245 g/mol. The van der Waals surface area contributed by atoms with Crippen LogP contribution < -0.4 is 0 Å². The number of benzene rings is 1. The zero-order valence-electron chi connectivity index (χ0n) is 10.6. The zero-order chi connectivity index (χ0) is 12.4. The van der Waals surface area contributed by atoms with Gasteiger partial charge in [0.1, 0.15) is 11.3 Å². The van der Waals surface area contributed by atoms with Crippen molar-refractivity contribution in [1.82, 2.24) is 4.90 Å². The first kappa shape index (κ1) is 11.6. The summed E-state index contributed by atoms with van der Waals surface area (Å²) in [4.78, 5) is 2.49. The maximum absolute atomic E-state index is 9.57. The molecule has 0 radical (unpaired) electrons. The van der Waals surface area contributed by atoms with Crippen molar-refractivity contribution in [3.63, 3.8) is 0 Å². The molecule has 1 aliphatic heterocycles. The van der Waals surface area contributed by atoms with Gasteiger partial charge in [0.05, 0.1) is 6.26 Å². The van der Waals surface area contributed by atoms with E-state index in [4.69, 9.17) is 4.42 Å². The first-order chi connectivity index (χ1) is 8.83. The molecule has 1 aliphatic rings. The van der Waals surface area contributed by atoms with Crippen LogP contribution in [0.1, 0.15) is 31.2 Å². The number of phenols is 1. The van der Waals surface area contributed by atoms with Gasteiger partial charge in [-0.3, -0.25) is 4.90 Å². The van der Waals surface area contributed by atoms with Gasteiger partial charge < -0.3 is 9.52 Å². The minimum atomic E-state index is 0.306. The van der Waals surface area contributed by atoms with E-state index in [0.717, 1.165) is 17.5 Å². The number of rotatable bonds is 2. The molecule has 1 saturated heterocycles. The van der Waals surface area contributed by atoms with E-state index in [2.05, 4.69) is 4.90 Å². The van der Waals surface area contributed by atoms with Gasteiger partial charge in [0, 0.05) is 17.5 Å². The van der Waals surface area contributed by atoms with E-state index in [1.807, 2.05) is 12.3 Å². The lowest BCUT2D eigenvalue weighted by molar-refractivity contribution is 0.277. The number of hydrogen-bond donors (Lipinski definition) is 1. The van der Waals surface area contributed by atoms with Crippen molar-refractivity contribution in [2.45, 2.75) is 32.2 Å². The molecule has 0 saturated carbocycles. The van der Waals surface area contributed by atoms with Crippen LogP contribution in [-0.2, 0) is 6.54 Å². The van der Waals surface area contributed by atoms with Gasteiger partial charge in [-0.15, -0.1) is 0 Å². The van der Waals surface area contributed by atoms with Crippen molar-refractivity contribution in [2.24, 2.45) is 0 Å². The Morgan fingerprint density at radius 2 is 1.89 bits per heavy atom. The van der Waals surface area contributed by atoms with Crippen LogP contribution in [0.2, 0.25) is 0 Å². The highest BCUT2D eigenvalue weighted by Crippen LogP contribution is 2.26. The van der Waals surface area contributed by atoms with Crippen LogP contribution in [0.5, 0.6) is 5.75 Å². The first-order valence-corrected chi connectivity index (χ1v) is 6.74. The molecule has 96 valence electrons. The summed E-state index contributed by atoms with van der Waals surface area (Å²) in [5.74, 6) is 0.306. The third-order valence-electron chi connectivity index (χ3n) is 3.73. The lowest BCUT2D eigenvalue weighted by atomic mass is 10.1. The number of nitrogens with zero attached hydrogens (tertiary/aromatic N) is 1. The van der Waals surface area contributed by atoms with Crippen LogP contribution >= 0.6 is 0 Å². The highest BCUT2D eigenvalue weighted by Gasteiger charge is 2.13. The van der Waals surface area contributed by atoms with E-state index >= 15 is 0 Å². The number of aromatic hydroxyl groups is 1. The van der Waals surface area contributed by atoms with Gasteiger partial charge in [-0.05, 0) is 44.1 Å². The summed E-state index contributed by atoms with van der Waals surface area (Å²) in [6.45, 7) is 3.27. The fourth-order valence-electron chi connectivity index (χ4n) is 2.73. The molecule has 1 N–H and O–H groups in total. The van der Waals surface area contributed by atoms with Gasteiger partial charge in [0.2, 0.25) is 0 Å². The standard InChI is InChI=1S/C15H19NO2/c17-13-5-6-15-14(9-13)12(11-18-15)10-16-7-3-1-2-4-8-16/h5-6,9,11,17H,1-4,7-8,10H2. The van der Waals surface area contributed by atoms with Crippen molar-refractivity contribution >= 4 is 11.0 Å². The molecule has 0 amide bonds. The third-order valence-corrected chi connectivity index (χ3v) is 3.73. The van der Waals surface area contributed by atoms with Crippen LogP contribution in [0.15, 0.2) is 28.9 Å². The van der Waals surface area contributed by atoms with Gasteiger partial charge in [-0.1, -0.05) is 12.8 Å². The third kappa shape index (κ3) is 2.36. The van der Waals surface area contributed by atoms with Gasteiger partial charge in [-0.2, -0.15) is 0 Å². The Hall–Kier alpha value is -1.48. The van der Waals surface area contributed by atoms with Crippen molar-refractivity contribution in [2.75, 3.05) is 13.1 Å². The Morgan fingerprint density at radius 1 is 1.11 bits per heavy atom. The molecule has 3 rings (SSSR count). The maximum Gasteiger partial charge on any atom is 0.134 e. The highest BCUT2D eigenvalue weighted by molar-refractivity contribution is 5.82. The minimum absolute atomic E-state index is 0.306. The fraction of sp³-hybridized carbons (Fsp3) is 0.467. The Kier molecular flexibility index (Phi) is 3.24. The predicted octanol–water partition coefficient (Wildman–Crippen LogP) is 3.51. The number of furan rings is 1. The topological polar surface area (TPSA) is 36.6 Å². The van der Waals surface area contributed by atoms with Crippen molar-refractivity contribution < 1.29 is 9.52 Å². The predicted molar refractivity (Wildman–Crippen MR) is 71.6 cm³/mol. The van der Waals surface area contributed by atoms with Gasteiger partial charge >= 0.3 is 0 Å². The number of likely N-dealkylation sites (tertiary alicyclic amines) is 1. The van der Waals surface area contributed by atoms with E-state index in [1.165, 1.54) is 44.3 Å². The van der Waals surface area contributed by atoms with Crippen LogP contribution in [0.4, 0.5) is 0 Å². The Morgan fingerprint density at radius 3 is 2.67 bits per heavy atom. The average molecular weight is 245 g/mol. The van der Waals surface area contributed by atoms with Gasteiger partial charge in [0.15, 0.2) is 0 Å². The molecule has 0 unspecified atom stereocenters. The van der Waals surface area contributed by atoms with E-state index < -0.39 is 0 Å². The summed E-state index contributed by atoms with van der Waals surface area (Å²) in [7, 11) is 0. The molecule has 2 aromatic rings. The quantitative estimate of drug-likeness (QED) is 0.879. The fourth-order valence-corrected chi connectivity index (χ4v) is 2.73. The second kappa shape index (κ2) is 5.02. The maximum atomic E-state index is 9.57. The minimum Gasteiger partial charge on any atom is -0.508 e. The average Bonchev–Trinajstić information content (AvgIpc) is 2.60. The SMILES string of the molecule is Oc1ccc2occ(CN3CCCCCC3)c2c1. The normalized spacial score (nSPS) is 18.0. The Balaban J connectivity index is 1.83. The molecule has 0 aliphatic carbocycles. The second-order valence-corrected chi connectivity index (χ2v) is 5.13. The Bertz CT molecular complexity index is 524. The second-order valence-electron chi connectivity index (χ2n) is 5.13. The highest BCUT2D eigenvalue weighted by atomic mass is 16.3. The largest absolute Gasteiger partial charge is 0.508 e. The van der Waals surface area contributed by atoms with E-state index in [0.29, 0.717) is 5.75 Å². The lowest BCUT2D eigenvalue weighted by Crippen LogP contribution is -2.23. The van der Waals surface area contributed by atoms with Crippen molar-refractivity contribution in [3.8, 4) is 5.75 Å². The molecule has 0 spiro atoms. The van der Waals surface area contributed by atoms with Crippen molar-refractivity contribution in [1.29, 1.82) is 0 Å². The van der Waals surface area contributed by atoms with Crippen LogP contribution in [0, 0.1) is 0 Å². The lowest BCUT2D eigenvalue weighted by Gasteiger charge is -2.18. The molecule has 1 aromatic carbocycles. The molecule has 0 atom stereocenters. The van der Waals surface area contributed by atoms with Crippen LogP contribution in [-0.4, -0.2) is 23.1 Å². The van der Waals surface area contributed by atoms with Crippen LogP contribution in [0.3, 0.4) is 0 Å². The van der Waals surface area contributed by atoms with E-state index in [9.17, 15) is 5.11 Å². The zero-order valence-corrected chi connectivity index (χ0v) is 10.6. The molecule has 3 nitrogen and oxygen atoms in total. The summed E-state index contributed by atoms with van der Waals surface area (Å²) in [6, 6.07) is 5.30. The molecule has 1 fully saturated rings. The number of fused-ring (bicyclic) bond motifs is 1. The smallest absolute Gasteiger partial charge is 0.134 e. The van der Waals surface area contributed by atoms with Crippen molar-refractivity contribution in [3.05, 3.63) is 30.0 Å². The van der Waals surface area contributed by atoms with E-state index in [-0.39, 0.29) is 0 Å². The van der Waals surface area contributed by atoms with Crippen LogP contribution in [0.25, 0.3) is 11.0 Å². The summed E-state index contributed by atoms with van der Waals surface area (Å²) in [6.07, 6.45) is 7.11.